The topological polar surface area (TPSA) is 55.1 Å². The highest BCUT2D eigenvalue weighted by molar-refractivity contribution is 5.94. The molecule has 2 aromatic carbocycles. The monoisotopic (exact) mass is 290 g/mol. The van der Waals surface area contributed by atoms with Gasteiger partial charge in [0.05, 0.1) is 11.3 Å². The van der Waals surface area contributed by atoms with E-state index in [0.717, 1.165) is 22.8 Å². The van der Waals surface area contributed by atoms with Gasteiger partial charge in [0.1, 0.15) is 11.6 Å². The molecule has 3 N–H and O–H groups in total. The molecule has 21 heavy (non-hydrogen) atoms. The molecule has 5 heteroatoms. The predicted molar refractivity (Wildman–Crippen MR) is 78.1 cm³/mol. The van der Waals surface area contributed by atoms with E-state index in [2.05, 4.69) is 5.32 Å². The van der Waals surface area contributed by atoms with Crippen LogP contribution < -0.4 is 11.1 Å². The Morgan fingerprint density at radius 1 is 1.05 bits per heavy atom. The average molecular weight is 290 g/mol. The molecule has 0 aliphatic heterocycles. The first kappa shape index (κ1) is 15.0. The van der Waals surface area contributed by atoms with Crippen LogP contribution in [0.5, 0.6) is 0 Å². The largest absolute Gasteiger partial charge is 0.379 e. The van der Waals surface area contributed by atoms with Crippen molar-refractivity contribution in [3.8, 4) is 0 Å². The number of nitrogens with two attached hydrogens (primary N) is 1. The Balaban J connectivity index is 2.23. The summed E-state index contributed by atoms with van der Waals surface area (Å²) in [4.78, 5) is 11.1. The van der Waals surface area contributed by atoms with Crippen LogP contribution >= 0.6 is 0 Å². The highest BCUT2D eigenvalue weighted by atomic mass is 19.1. The van der Waals surface area contributed by atoms with Crippen molar-refractivity contribution in [1.82, 2.24) is 0 Å². The molecule has 0 spiro atoms. The van der Waals surface area contributed by atoms with E-state index in [0.29, 0.717) is 12.6 Å². The molecule has 1 amide bonds. The van der Waals surface area contributed by atoms with Crippen molar-refractivity contribution in [2.75, 3.05) is 5.32 Å². The molecule has 0 saturated carbocycles. The summed E-state index contributed by atoms with van der Waals surface area (Å²) in [5, 5.41) is 2.86. The van der Waals surface area contributed by atoms with Gasteiger partial charge in [-0.3, -0.25) is 4.79 Å². The molecule has 2 aromatic rings. The van der Waals surface area contributed by atoms with E-state index in [1.54, 1.807) is 0 Å². The van der Waals surface area contributed by atoms with E-state index in [1.165, 1.54) is 0 Å². The number of amides is 1. The van der Waals surface area contributed by atoms with Gasteiger partial charge >= 0.3 is 0 Å². The van der Waals surface area contributed by atoms with Crippen LogP contribution in [0.2, 0.25) is 0 Å². The van der Waals surface area contributed by atoms with Crippen molar-refractivity contribution in [1.29, 1.82) is 0 Å². The van der Waals surface area contributed by atoms with Gasteiger partial charge in [-0.2, -0.15) is 0 Å². The van der Waals surface area contributed by atoms with Crippen LogP contribution in [0.25, 0.3) is 0 Å². The number of carbonyl (C=O) groups excluding carboxylic acids is 1. The van der Waals surface area contributed by atoms with Gasteiger partial charge < -0.3 is 11.1 Å². The number of halogens is 2. The lowest BCUT2D eigenvalue weighted by Crippen LogP contribution is -2.14. The smallest absolute Gasteiger partial charge is 0.251 e. The number of primary amides is 1. The Kier molecular flexibility index (Phi) is 4.21. The molecular formula is C16H16F2N2O. The maximum absolute atomic E-state index is 13.7. The van der Waals surface area contributed by atoms with Crippen LogP contribution in [0.4, 0.5) is 14.5 Å². The molecule has 0 aliphatic carbocycles. The van der Waals surface area contributed by atoms with Gasteiger partial charge in [-0.25, -0.2) is 8.78 Å². The van der Waals surface area contributed by atoms with Crippen LogP contribution in [0, 0.1) is 25.5 Å². The molecule has 0 bridgehead atoms. The molecule has 0 aromatic heterocycles. The zero-order valence-corrected chi connectivity index (χ0v) is 11.8. The van der Waals surface area contributed by atoms with Crippen molar-refractivity contribution in [3.63, 3.8) is 0 Å². The van der Waals surface area contributed by atoms with Crippen LogP contribution in [0.3, 0.4) is 0 Å². The minimum atomic E-state index is -0.961. The average Bonchev–Trinajstić information content (AvgIpc) is 2.36. The number of carbonyl (C=O) groups is 1. The molecule has 110 valence electrons. The zero-order valence-electron chi connectivity index (χ0n) is 11.8. The lowest BCUT2D eigenvalue weighted by atomic mass is 10.1. The van der Waals surface area contributed by atoms with Crippen molar-refractivity contribution in [2.45, 2.75) is 20.4 Å². The Labute approximate surface area is 121 Å². The normalized spacial score (nSPS) is 10.5. The third-order valence-corrected chi connectivity index (χ3v) is 3.09. The molecule has 0 atom stereocenters. The van der Waals surface area contributed by atoms with Gasteiger partial charge in [0.25, 0.3) is 5.91 Å². The lowest BCUT2D eigenvalue weighted by molar-refractivity contribution is 0.0996. The molecule has 0 unspecified atom stereocenters. The van der Waals surface area contributed by atoms with Gasteiger partial charge in [0.2, 0.25) is 0 Å². The van der Waals surface area contributed by atoms with Crippen LogP contribution in [-0.4, -0.2) is 5.91 Å². The fraction of sp³-hybridized carbons (Fsp3) is 0.188. The number of benzene rings is 2. The highest BCUT2D eigenvalue weighted by Gasteiger charge is 2.13. The molecule has 0 fully saturated rings. The second kappa shape index (κ2) is 5.91. The van der Waals surface area contributed by atoms with Gasteiger partial charge in [-0.05, 0) is 25.5 Å². The van der Waals surface area contributed by atoms with E-state index >= 15 is 0 Å². The Hall–Kier alpha value is -2.43. The van der Waals surface area contributed by atoms with E-state index in [1.807, 2.05) is 32.0 Å². The number of anilines is 1. The summed E-state index contributed by atoms with van der Waals surface area (Å²) < 4.78 is 27.1. The standard InChI is InChI=1S/C16H16F2N2O/c1-9-3-10(2)5-11(4-9)8-20-15-6-12(16(19)21)13(17)7-14(15)18/h3-7,20H,8H2,1-2H3,(H2,19,21). The first-order valence-corrected chi connectivity index (χ1v) is 6.46. The van der Waals surface area contributed by atoms with Gasteiger partial charge in [-0.1, -0.05) is 29.3 Å². The fourth-order valence-electron chi connectivity index (χ4n) is 2.24. The molecule has 0 aliphatic rings. The predicted octanol–water partition coefficient (Wildman–Crippen LogP) is 3.29. The zero-order chi connectivity index (χ0) is 15.6. The summed E-state index contributed by atoms with van der Waals surface area (Å²) in [7, 11) is 0. The second-order valence-corrected chi connectivity index (χ2v) is 5.03. The van der Waals surface area contributed by atoms with Crippen molar-refractivity contribution in [3.05, 3.63) is 64.2 Å². The maximum Gasteiger partial charge on any atom is 0.251 e. The summed E-state index contributed by atoms with van der Waals surface area (Å²) in [6, 6.07) is 7.72. The number of nitrogens with one attached hydrogen (secondary N) is 1. The van der Waals surface area contributed by atoms with E-state index < -0.39 is 17.5 Å². The molecule has 0 radical (unpaired) electrons. The second-order valence-electron chi connectivity index (χ2n) is 5.03. The number of rotatable bonds is 4. The summed E-state index contributed by atoms with van der Waals surface area (Å²) in [5.41, 5.74) is 7.93. The van der Waals surface area contributed by atoms with Gasteiger partial charge in [0.15, 0.2) is 0 Å². The molecule has 0 heterocycles. The highest BCUT2D eigenvalue weighted by Crippen LogP contribution is 2.20. The Bertz CT molecular complexity index is 679. The minimum absolute atomic E-state index is 0.0457. The van der Waals surface area contributed by atoms with E-state index in [-0.39, 0.29) is 11.3 Å². The quantitative estimate of drug-likeness (QED) is 0.907. The number of hydrogen-bond acceptors (Lipinski definition) is 2. The lowest BCUT2D eigenvalue weighted by Gasteiger charge is -2.11. The summed E-state index contributed by atoms with van der Waals surface area (Å²) in [5.74, 6) is -2.65. The van der Waals surface area contributed by atoms with Gasteiger partial charge in [-0.15, -0.1) is 0 Å². The SMILES string of the molecule is Cc1cc(C)cc(CNc2cc(C(N)=O)c(F)cc2F)c1. The van der Waals surface area contributed by atoms with Crippen molar-refractivity contribution < 1.29 is 13.6 Å². The Morgan fingerprint density at radius 3 is 2.24 bits per heavy atom. The molecule has 3 nitrogen and oxygen atoms in total. The third-order valence-electron chi connectivity index (χ3n) is 3.09. The fourth-order valence-corrected chi connectivity index (χ4v) is 2.24. The maximum atomic E-state index is 13.7. The number of aryl methyl sites for hydroxylation is 2. The minimum Gasteiger partial charge on any atom is -0.379 e. The summed E-state index contributed by atoms with van der Waals surface area (Å²) in [6.07, 6.45) is 0. The molecular weight excluding hydrogens is 274 g/mol. The molecule has 0 saturated heterocycles. The van der Waals surface area contributed by atoms with Crippen LogP contribution in [0.1, 0.15) is 27.0 Å². The number of hydrogen-bond donors (Lipinski definition) is 2. The van der Waals surface area contributed by atoms with E-state index in [9.17, 15) is 13.6 Å². The summed E-state index contributed by atoms with van der Waals surface area (Å²) >= 11 is 0. The first-order valence-electron chi connectivity index (χ1n) is 6.46. The van der Waals surface area contributed by atoms with Crippen LogP contribution in [0.15, 0.2) is 30.3 Å². The third kappa shape index (κ3) is 3.56. The van der Waals surface area contributed by atoms with Gasteiger partial charge in [0, 0.05) is 12.6 Å². The van der Waals surface area contributed by atoms with Crippen molar-refractivity contribution >= 4 is 11.6 Å². The first-order chi connectivity index (χ1) is 9.86. The van der Waals surface area contributed by atoms with Crippen LogP contribution in [-0.2, 0) is 6.54 Å². The van der Waals surface area contributed by atoms with E-state index in [4.69, 9.17) is 5.73 Å². The van der Waals surface area contributed by atoms with Crippen molar-refractivity contribution in [2.24, 2.45) is 5.73 Å². The Morgan fingerprint density at radius 2 is 1.67 bits per heavy atom. The summed E-state index contributed by atoms with van der Waals surface area (Å²) in [6.45, 7) is 4.31. The molecule has 2 rings (SSSR count).